The van der Waals surface area contributed by atoms with Gasteiger partial charge < -0.3 is 18.9 Å². The van der Waals surface area contributed by atoms with Gasteiger partial charge in [0.05, 0.1) is 35.4 Å². The standard InChI is InChI=1S/C34H52Br2O4/c1-22(2)10-14-37-31-20-29(35)33(39-16-12-24(5)6)18-27(31)26(9)28-19-34(40-17-13-25(7)8)30(36)21-32(28)38-15-11-23(3)4/h18-26H,10-17H2,1-9H3. The van der Waals surface area contributed by atoms with Gasteiger partial charge in [-0.25, -0.2) is 0 Å². The Hall–Kier alpha value is -1.40. The van der Waals surface area contributed by atoms with Crippen LogP contribution in [0.4, 0.5) is 0 Å². The Labute approximate surface area is 261 Å². The van der Waals surface area contributed by atoms with Gasteiger partial charge in [0.15, 0.2) is 0 Å². The largest absolute Gasteiger partial charge is 0.493 e. The highest BCUT2D eigenvalue weighted by atomic mass is 79.9. The van der Waals surface area contributed by atoms with Crippen LogP contribution < -0.4 is 18.9 Å². The second-order valence-corrected chi connectivity index (χ2v) is 14.2. The number of rotatable bonds is 18. The number of ether oxygens (including phenoxy) is 4. The maximum atomic E-state index is 6.40. The van der Waals surface area contributed by atoms with E-state index in [1.54, 1.807) is 0 Å². The van der Waals surface area contributed by atoms with Crippen LogP contribution in [0.2, 0.25) is 0 Å². The molecule has 226 valence electrons. The molecule has 2 aromatic rings. The zero-order valence-electron chi connectivity index (χ0n) is 26.2. The van der Waals surface area contributed by atoms with E-state index in [4.69, 9.17) is 18.9 Å². The predicted octanol–water partition coefficient (Wildman–Crippen LogP) is 11.1. The fourth-order valence-electron chi connectivity index (χ4n) is 4.04. The van der Waals surface area contributed by atoms with Crippen molar-refractivity contribution >= 4 is 31.9 Å². The molecule has 40 heavy (non-hydrogen) atoms. The maximum Gasteiger partial charge on any atom is 0.134 e. The lowest BCUT2D eigenvalue weighted by molar-refractivity contribution is 0.274. The van der Waals surface area contributed by atoms with Crippen molar-refractivity contribution in [3.05, 3.63) is 44.3 Å². The molecule has 6 heteroatoms. The van der Waals surface area contributed by atoms with E-state index in [0.29, 0.717) is 50.1 Å². The first-order chi connectivity index (χ1) is 18.9. The van der Waals surface area contributed by atoms with Crippen LogP contribution in [0.15, 0.2) is 33.2 Å². The van der Waals surface area contributed by atoms with E-state index < -0.39 is 0 Å². The van der Waals surface area contributed by atoms with Gasteiger partial charge in [-0.15, -0.1) is 0 Å². The average Bonchev–Trinajstić information content (AvgIpc) is 2.85. The molecule has 2 rings (SSSR count). The number of hydrogen-bond acceptors (Lipinski definition) is 4. The lowest BCUT2D eigenvalue weighted by atomic mass is 9.91. The van der Waals surface area contributed by atoms with E-state index in [0.717, 1.165) is 68.8 Å². The molecule has 0 fully saturated rings. The maximum absolute atomic E-state index is 6.40. The summed E-state index contributed by atoms with van der Waals surface area (Å²) in [5.41, 5.74) is 2.16. The van der Waals surface area contributed by atoms with Crippen LogP contribution in [0.25, 0.3) is 0 Å². The molecule has 0 heterocycles. The highest BCUT2D eigenvalue weighted by Crippen LogP contribution is 2.44. The topological polar surface area (TPSA) is 36.9 Å². The summed E-state index contributed by atoms with van der Waals surface area (Å²) in [7, 11) is 0. The highest BCUT2D eigenvalue weighted by Gasteiger charge is 2.23. The minimum atomic E-state index is -0.0100. The third kappa shape index (κ3) is 11.8. The summed E-state index contributed by atoms with van der Waals surface area (Å²) >= 11 is 7.48. The molecule has 0 amide bonds. The molecule has 0 aromatic heterocycles. The molecule has 0 aliphatic rings. The van der Waals surface area contributed by atoms with Gasteiger partial charge in [0, 0.05) is 17.0 Å². The van der Waals surface area contributed by atoms with Gasteiger partial charge in [0.2, 0.25) is 0 Å². The number of hydrogen-bond donors (Lipinski definition) is 0. The number of benzene rings is 2. The molecule has 0 radical (unpaired) electrons. The molecule has 0 unspecified atom stereocenters. The van der Waals surface area contributed by atoms with Crippen molar-refractivity contribution < 1.29 is 18.9 Å². The fourth-order valence-corrected chi connectivity index (χ4v) is 4.91. The summed E-state index contributed by atoms with van der Waals surface area (Å²) in [6.45, 7) is 22.6. The van der Waals surface area contributed by atoms with Gasteiger partial charge in [-0.2, -0.15) is 0 Å². The van der Waals surface area contributed by atoms with E-state index in [1.807, 2.05) is 0 Å². The Kier molecular flexibility index (Phi) is 15.3. The molecule has 4 nitrogen and oxygen atoms in total. The first-order valence-electron chi connectivity index (χ1n) is 15.1. The van der Waals surface area contributed by atoms with E-state index in [9.17, 15) is 0 Å². The molecule has 0 atom stereocenters. The molecular formula is C34H52Br2O4. The van der Waals surface area contributed by atoms with Gasteiger partial charge in [-0.05, 0) is 105 Å². The predicted molar refractivity (Wildman–Crippen MR) is 176 cm³/mol. The molecule has 0 saturated carbocycles. The van der Waals surface area contributed by atoms with Crippen molar-refractivity contribution in [3.63, 3.8) is 0 Å². The zero-order valence-corrected chi connectivity index (χ0v) is 29.4. The Bertz CT molecular complexity index is 952. The second-order valence-electron chi connectivity index (χ2n) is 12.5. The Balaban J connectivity index is 2.53. The van der Waals surface area contributed by atoms with Gasteiger partial charge >= 0.3 is 0 Å². The quantitative estimate of drug-likeness (QED) is 0.157. The van der Waals surface area contributed by atoms with Crippen molar-refractivity contribution in [2.75, 3.05) is 26.4 Å². The van der Waals surface area contributed by atoms with Gasteiger partial charge in [0.25, 0.3) is 0 Å². The summed E-state index contributed by atoms with van der Waals surface area (Å²) in [6.07, 6.45) is 3.99. The van der Waals surface area contributed by atoms with Gasteiger partial charge in [0.1, 0.15) is 23.0 Å². The minimum absolute atomic E-state index is 0.0100. The fraction of sp³-hybridized carbons (Fsp3) is 0.647. The Morgan fingerprint density at radius 1 is 0.450 bits per heavy atom. The van der Waals surface area contributed by atoms with E-state index in [1.165, 1.54) is 0 Å². The molecule has 0 aliphatic carbocycles. The smallest absolute Gasteiger partial charge is 0.134 e. The van der Waals surface area contributed by atoms with Crippen molar-refractivity contribution in [1.29, 1.82) is 0 Å². The summed E-state index contributed by atoms with van der Waals surface area (Å²) in [5.74, 6) is 5.71. The average molecular weight is 685 g/mol. The second kappa shape index (κ2) is 17.5. The van der Waals surface area contributed by atoms with Crippen molar-refractivity contribution in [1.82, 2.24) is 0 Å². The Morgan fingerprint density at radius 2 is 0.725 bits per heavy atom. The van der Waals surface area contributed by atoms with E-state index in [2.05, 4.69) is 118 Å². The van der Waals surface area contributed by atoms with Crippen LogP contribution >= 0.6 is 31.9 Å². The van der Waals surface area contributed by atoms with E-state index in [-0.39, 0.29) is 5.92 Å². The van der Waals surface area contributed by atoms with Crippen LogP contribution in [0.1, 0.15) is 105 Å². The lowest BCUT2D eigenvalue weighted by Gasteiger charge is -2.24. The summed E-state index contributed by atoms with van der Waals surface area (Å²) in [5, 5.41) is 0. The van der Waals surface area contributed by atoms with Crippen molar-refractivity contribution in [2.45, 2.75) is 93.9 Å². The van der Waals surface area contributed by atoms with Crippen LogP contribution in [0.5, 0.6) is 23.0 Å². The lowest BCUT2D eigenvalue weighted by Crippen LogP contribution is -2.10. The molecule has 0 N–H and O–H groups in total. The van der Waals surface area contributed by atoms with E-state index >= 15 is 0 Å². The molecule has 0 saturated heterocycles. The monoisotopic (exact) mass is 682 g/mol. The summed E-state index contributed by atoms with van der Waals surface area (Å²) < 4.78 is 27.1. The Morgan fingerprint density at radius 3 is 1.00 bits per heavy atom. The molecular weight excluding hydrogens is 632 g/mol. The van der Waals surface area contributed by atoms with Crippen LogP contribution in [-0.2, 0) is 0 Å². The highest BCUT2D eigenvalue weighted by molar-refractivity contribution is 9.10. The normalized spacial score (nSPS) is 11.8. The molecule has 0 aliphatic heterocycles. The third-order valence-electron chi connectivity index (χ3n) is 6.87. The van der Waals surface area contributed by atoms with Gasteiger partial charge in [-0.1, -0.05) is 62.3 Å². The molecule has 0 spiro atoms. The van der Waals surface area contributed by atoms with Crippen LogP contribution in [0, 0.1) is 23.7 Å². The third-order valence-corrected chi connectivity index (χ3v) is 8.11. The van der Waals surface area contributed by atoms with Crippen LogP contribution in [-0.4, -0.2) is 26.4 Å². The van der Waals surface area contributed by atoms with Crippen molar-refractivity contribution in [3.8, 4) is 23.0 Å². The minimum Gasteiger partial charge on any atom is -0.493 e. The molecule has 2 aromatic carbocycles. The van der Waals surface area contributed by atoms with Crippen LogP contribution in [0.3, 0.4) is 0 Å². The van der Waals surface area contributed by atoms with Gasteiger partial charge in [-0.3, -0.25) is 0 Å². The first-order valence-corrected chi connectivity index (χ1v) is 16.7. The summed E-state index contributed by atoms with van der Waals surface area (Å²) in [6, 6.07) is 8.40. The summed E-state index contributed by atoms with van der Waals surface area (Å²) in [4.78, 5) is 0. The molecule has 0 bridgehead atoms. The zero-order chi connectivity index (χ0) is 29.8. The van der Waals surface area contributed by atoms with Crippen molar-refractivity contribution in [2.24, 2.45) is 23.7 Å². The SMILES string of the molecule is CC(C)CCOc1cc(C(C)c2cc(OCCC(C)C)c(Br)cc2OCCC(C)C)c(OCCC(C)C)cc1Br. The first kappa shape index (κ1) is 34.8. The number of halogens is 2.